The van der Waals surface area contributed by atoms with Crippen molar-refractivity contribution in [3.63, 3.8) is 0 Å². The van der Waals surface area contributed by atoms with Crippen molar-refractivity contribution in [1.29, 1.82) is 0 Å². The predicted octanol–water partition coefficient (Wildman–Crippen LogP) is 4.26. The summed E-state index contributed by atoms with van der Waals surface area (Å²) in [6, 6.07) is 20.7. The molecule has 2 aromatic carbocycles. The van der Waals surface area contributed by atoms with E-state index in [2.05, 4.69) is 67.9 Å². The number of rotatable bonds is 10. The Balaban J connectivity index is 1.81. The summed E-state index contributed by atoms with van der Waals surface area (Å²) in [7, 11) is 1.45. The Morgan fingerprint density at radius 3 is 2.39 bits per heavy atom. The van der Waals surface area contributed by atoms with E-state index in [9.17, 15) is 4.79 Å². The predicted molar refractivity (Wildman–Crippen MR) is 125 cm³/mol. The van der Waals surface area contributed by atoms with E-state index in [0.29, 0.717) is 11.5 Å². The van der Waals surface area contributed by atoms with Crippen LogP contribution in [0.25, 0.3) is 0 Å². The molecular formula is C27H35N2O2+. The van der Waals surface area contributed by atoms with Crippen LogP contribution in [0.5, 0.6) is 0 Å². The second kappa shape index (κ2) is 11.0. The molecule has 0 amide bonds. The monoisotopic (exact) mass is 419 g/mol. The van der Waals surface area contributed by atoms with Crippen LogP contribution in [0, 0.1) is 12.8 Å². The van der Waals surface area contributed by atoms with E-state index >= 15 is 0 Å². The second-order valence-electron chi connectivity index (χ2n) is 8.74. The van der Waals surface area contributed by atoms with E-state index in [1.165, 1.54) is 28.8 Å². The Bertz CT molecular complexity index is 990. The molecule has 4 heteroatoms. The lowest BCUT2D eigenvalue weighted by molar-refractivity contribution is -0.928. The number of carbonyl (C=O) groups excluding carboxylic acids is 1. The zero-order valence-electron chi connectivity index (χ0n) is 19.2. The minimum absolute atomic E-state index is 0.262. The first kappa shape index (κ1) is 22.8. The molecule has 0 spiro atoms. The van der Waals surface area contributed by atoms with E-state index < -0.39 is 0 Å². The molecule has 3 rings (SSSR count). The highest BCUT2D eigenvalue weighted by molar-refractivity contribution is 5.90. The van der Waals surface area contributed by atoms with Crippen molar-refractivity contribution < 1.29 is 14.4 Å². The first-order valence-corrected chi connectivity index (χ1v) is 11.2. The quantitative estimate of drug-likeness (QED) is 0.499. The van der Waals surface area contributed by atoms with Gasteiger partial charge >= 0.3 is 5.97 Å². The molecule has 164 valence electrons. The zero-order valence-corrected chi connectivity index (χ0v) is 19.2. The van der Waals surface area contributed by atoms with Gasteiger partial charge in [-0.2, -0.15) is 0 Å². The molecule has 0 aliphatic rings. The normalized spacial score (nSPS) is 12.2. The minimum Gasteiger partial charge on any atom is -0.465 e. The molecule has 3 aromatic rings. The molecule has 0 radical (unpaired) electrons. The Labute approximate surface area is 186 Å². The van der Waals surface area contributed by atoms with E-state index in [-0.39, 0.29) is 5.97 Å². The molecule has 0 fully saturated rings. The molecule has 0 aliphatic carbocycles. The summed E-state index contributed by atoms with van der Waals surface area (Å²) >= 11 is 0. The van der Waals surface area contributed by atoms with Gasteiger partial charge in [0.05, 0.1) is 24.9 Å². The lowest BCUT2D eigenvalue weighted by atomic mass is 10.1. The number of quaternary nitrogens is 1. The fourth-order valence-corrected chi connectivity index (χ4v) is 3.98. The lowest BCUT2D eigenvalue weighted by Crippen LogP contribution is -3.09. The third-order valence-electron chi connectivity index (χ3n) is 5.89. The number of esters is 1. The van der Waals surface area contributed by atoms with Crippen LogP contribution in [0.4, 0.5) is 0 Å². The van der Waals surface area contributed by atoms with Crippen LogP contribution in [0.2, 0.25) is 0 Å². The summed E-state index contributed by atoms with van der Waals surface area (Å²) in [5.74, 6) is 0.381. The summed E-state index contributed by atoms with van der Waals surface area (Å²) in [5, 5.41) is 0. The number of hydrogen-bond donors (Lipinski definition) is 1. The Morgan fingerprint density at radius 2 is 1.68 bits per heavy atom. The summed E-state index contributed by atoms with van der Waals surface area (Å²) in [4.78, 5) is 13.7. The number of ether oxygens (including phenoxy) is 1. The lowest BCUT2D eigenvalue weighted by Gasteiger charge is -2.23. The van der Waals surface area contributed by atoms with Gasteiger partial charge in [-0.25, -0.2) is 4.79 Å². The number of methoxy groups -OCH3 is 1. The van der Waals surface area contributed by atoms with Gasteiger partial charge in [0.1, 0.15) is 13.1 Å². The van der Waals surface area contributed by atoms with Crippen LogP contribution in [0.1, 0.15) is 53.0 Å². The molecule has 0 saturated heterocycles. The van der Waals surface area contributed by atoms with E-state index in [0.717, 1.165) is 38.2 Å². The summed E-state index contributed by atoms with van der Waals surface area (Å²) in [6.45, 7) is 10.4. The second-order valence-corrected chi connectivity index (χ2v) is 8.74. The number of nitrogens with zero attached hydrogens (tertiary/aromatic N) is 1. The van der Waals surface area contributed by atoms with Crippen LogP contribution >= 0.6 is 0 Å². The fraction of sp³-hybridized carbons (Fsp3) is 0.370. The molecule has 1 heterocycles. The first-order valence-electron chi connectivity index (χ1n) is 11.2. The molecule has 0 bridgehead atoms. The maximum Gasteiger partial charge on any atom is 0.338 e. The van der Waals surface area contributed by atoms with Gasteiger partial charge in [-0.05, 0) is 48.6 Å². The number of hydrogen-bond acceptors (Lipinski definition) is 2. The van der Waals surface area contributed by atoms with E-state index in [4.69, 9.17) is 4.74 Å². The number of carbonyl (C=O) groups is 1. The van der Waals surface area contributed by atoms with Crippen molar-refractivity contribution in [2.45, 2.75) is 46.8 Å². The highest BCUT2D eigenvalue weighted by Crippen LogP contribution is 2.13. The smallest absolute Gasteiger partial charge is 0.338 e. The SMILES string of the molecule is COC(=O)c1ccccc1C[NH+](CCC(C)C)Cc1cccn1Cc1ccccc1C. The molecule has 31 heavy (non-hydrogen) atoms. The minimum atomic E-state index is -0.262. The van der Waals surface area contributed by atoms with Crippen molar-refractivity contribution in [2.24, 2.45) is 5.92 Å². The standard InChI is InChI=1S/C27H34N2O2/c1-21(2)15-17-28(18-24-12-7-8-14-26(24)27(30)31-4)20-25-13-9-16-29(25)19-23-11-6-5-10-22(23)3/h5-14,16,21H,15,17-20H2,1-4H3/p+1. The Kier molecular flexibility index (Phi) is 8.07. The van der Waals surface area contributed by atoms with Gasteiger partial charge in [-0.15, -0.1) is 0 Å². The average molecular weight is 420 g/mol. The van der Waals surface area contributed by atoms with Gasteiger partial charge in [0.25, 0.3) is 0 Å². The van der Waals surface area contributed by atoms with Crippen molar-refractivity contribution >= 4 is 5.97 Å². The molecule has 1 N–H and O–H groups in total. The van der Waals surface area contributed by atoms with E-state index in [1.807, 2.05) is 24.3 Å². The molecule has 0 aliphatic heterocycles. The Hall–Kier alpha value is -2.85. The number of aromatic nitrogens is 1. The van der Waals surface area contributed by atoms with Crippen LogP contribution in [-0.2, 0) is 24.4 Å². The third kappa shape index (κ3) is 6.31. The molecule has 1 aromatic heterocycles. The largest absolute Gasteiger partial charge is 0.465 e. The van der Waals surface area contributed by atoms with Crippen molar-refractivity contribution in [2.75, 3.05) is 13.7 Å². The number of nitrogens with one attached hydrogen (secondary N) is 1. The maximum absolute atomic E-state index is 12.3. The maximum atomic E-state index is 12.3. The number of benzene rings is 2. The third-order valence-corrected chi connectivity index (χ3v) is 5.89. The Morgan fingerprint density at radius 1 is 0.968 bits per heavy atom. The highest BCUT2D eigenvalue weighted by atomic mass is 16.5. The first-order chi connectivity index (χ1) is 15.0. The van der Waals surface area contributed by atoms with Crippen molar-refractivity contribution in [3.8, 4) is 0 Å². The molecule has 1 atom stereocenters. The van der Waals surface area contributed by atoms with Gasteiger partial charge < -0.3 is 14.2 Å². The fourth-order valence-electron chi connectivity index (χ4n) is 3.98. The van der Waals surface area contributed by atoms with Gasteiger partial charge in [-0.3, -0.25) is 0 Å². The molecule has 1 unspecified atom stereocenters. The van der Waals surface area contributed by atoms with Crippen LogP contribution in [0.3, 0.4) is 0 Å². The van der Waals surface area contributed by atoms with Crippen LogP contribution in [0.15, 0.2) is 66.9 Å². The van der Waals surface area contributed by atoms with Gasteiger partial charge in [-0.1, -0.05) is 56.3 Å². The molecule has 4 nitrogen and oxygen atoms in total. The van der Waals surface area contributed by atoms with Gasteiger partial charge in [0.15, 0.2) is 0 Å². The van der Waals surface area contributed by atoms with Gasteiger partial charge in [0.2, 0.25) is 0 Å². The van der Waals surface area contributed by atoms with Crippen molar-refractivity contribution in [3.05, 3.63) is 94.8 Å². The topological polar surface area (TPSA) is 35.7 Å². The molecular weight excluding hydrogens is 384 g/mol. The van der Waals surface area contributed by atoms with Crippen molar-refractivity contribution in [1.82, 2.24) is 4.57 Å². The summed E-state index contributed by atoms with van der Waals surface area (Å²) in [5.41, 5.74) is 5.70. The highest BCUT2D eigenvalue weighted by Gasteiger charge is 2.19. The number of aryl methyl sites for hydroxylation is 1. The summed E-state index contributed by atoms with van der Waals surface area (Å²) < 4.78 is 7.36. The molecule has 0 saturated carbocycles. The average Bonchev–Trinajstić information content (AvgIpc) is 3.20. The van der Waals surface area contributed by atoms with Crippen LogP contribution < -0.4 is 4.90 Å². The summed E-state index contributed by atoms with van der Waals surface area (Å²) in [6.07, 6.45) is 3.32. The van der Waals surface area contributed by atoms with Gasteiger partial charge in [0, 0.05) is 18.3 Å². The van der Waals surface area contributed by atoms with E-state index in [1.54, 1.807) is 0 Å². The van der Waals surface area contributed by atoms with Crippen LogP contribution in [-0.4, -0.2) is 24.2 Å². The zero-order chi connectivity index (χ0) is 22.2.